The minimum absolute atomic E-state index is 0.0822. The van der Waals surface area contributed by atoms with Crippen LogP contribution in [0.3, 0.4) is 0 Å². The number of nitrogens with zero attached hydrogens (tertiary/aromatic N) is 1. The third kappa shape index (κ3) is 3.82. The molecule has 1 N–H and O–H groups in total. The minimum Gasteiger partial charge on any atom is -0.372 e. The molecule has 1 aliphatic carbocycles. The second kappa shape index (κ2) is 7.09. The van der Waals surface area contributed by atoms with Gasteiger partial charge in [0.05, 0.1) is 5.92 Å². The van der Waals surface area contributed by atoms with Gasteiger partial charge in [-0.25, -0.2) is 0 Å². The molecule has 3 nitrogen and oxygen atoms in total. The highest BCUT2D eigenvalue weighted by molar-refractivity contribution is 6.30. The lowest BCUT2D eigenvalue weighted by Gasteiger charge is -2.19. The van der Waals surface area contributed by atoms with Crippen molar-refractivity contribution >= 4 is 28.9 Å². The van der Waals surface area contributed by atoms with Gasteiger partial charge in [-0.3, -0.25) is 4.79 Å². The molecule has 1 saturated carbocycles. The molecule has 1 unspecified atom stereocenters. The molecule has 0 aromatic heterocycles. The first-order valence-corrected chi connectivity index (χ1v) is 9.50. The van der Waals surface area contributed by atoms with Crippen molar-refractivity contribution in [3.8, 4) is 0 Å². The summed E-state index contributed by atoms with van der Waals surface area (Å²) >= 11 is 5.99. The molecule has 4 rings (SSSR count). The molecule has 0 radical (unpaired) electrons. The summed E-state index contributed by atoms with van der Waals surface area (Å²) in [4.78, 5) is 15.3. The Morgan fingerprint density at radius 2 is 1.64 bits per heavy atom. The number of halogens is 1. The molecule has 0 spiro atoms. The molecule has 25 heavy (non-hydrogen) atoms. The Hall–Kier alpha value is -2.00. The Bertz CT molecular complexity index is 731. The lowest BCUT2D eigenvalue weighted by molar-refractivity contribution is -0.118. The molecule has 1 heterocycles. The van der Waals surface area contributed by atoms with Gasteiger partial charge in [0.1, 0.15) is 0 Å². The molecule has 4 heteroatoms. The second-order valence-corrected chi connectivity index (χ2v) is 7.53. The van der Waals surface area contributed by atoms with Gasteiger partial charge in [-0.15, -0.1) is 0 Å². The highest BCUT2D eigenvalue weighted by Crippen LogP contribution is 2.43. The average Bonchev–Trinajstić information content (AvgIpc) is 3.29. The molecule has 0 bridgehead atoms. The first-order chi connectivity index (χ1) is 12.2. The van der Waals surface area contributed by atoms with E-state index in [-0.39, 0.29) is 11.8 Å². The number of benzene rings is 2. The first-order valence-electron chi connectivity index (χ1n) is 9.12. The average molecular weight is 355 g/mol. The van der Waals surface area contributed by atoms with Gasteiger partial charge >= 0.3 is 0 Å². The van der Waals surface area contributed by atoms with Crippen molar-refractivity contribution in [3.63, 3.8) is 0 Å². The van der Waals surface area contributed by atoms with Gasteiger partial charge in [-0.2, -0.15) is 0 Å². The first kappa shape index (κ1) is 16.5. The second-order valence-electron chi connectivity index (χ2n) is 7.10. The van der Waals surface area contributed by atoms with E-state index in [9.17, 15) is 4.79 Å². The molecular weight excluding hydrogens is 332 g/mol. The molecule has 2 aromatic rings. The van der Waals surface area contributed by atoms with E-state index in [1.165, 1.54) is 18.5 Å². The number of nitrogens with one attached hydrogen (secondary N) is 1. The molecule has 2 aliphatic rings. The summed E-state index contributed by atoms with van der Waals surface area (Å²) < 4.78 is 0. The monoisotopic (exact) mass is 354 g/mol. The van der Waals surface area contributed by atoms with Gasteiger partial charge in [0, 0.05) is 29.5 Å². The van der Waals surface area contributed by atoms with Gasteiger partial charge < -0.3 is 10.2 Å². The van der Waals surface area contributed by atoms with Crippen molar-refractivity contribution in [1.82, 2.24) is 0 Å². The van der Waals surface area contributed by atoms with Gasteiger partial charge in [-0.05, 0) is 73.6 Å². The normalized spacial score (nSPS) is 18.2. The number of amides is 1. The summed E-state index contributed by atoms with van der Waals surface area (Å²) in [6, 6.07) is 15.9. The van der Waals surface area contributed by atoms with E-state index in [4.69, 9.17) is 11.6 Å². The van der Waals surface area contributed by atoms with Crippen molar-refractivity contribution < 1.29 is 4.79 Å². The highest BCUT2D eigenvalue weighted by Gasteiger charge is 2.37. The summed E-state index contributed by atoms with van der Waals surface area (Å²) in [7, 11) is 0. The third-order valence-electron chi connectivity index (χ3n) is 5.21. The van der Waals surface area contributed by atoms with Crippen LogP contribution in [0, 0.1) is 5.92 Å². The fraction of sp³-hybridized carbons (Fsp3) is 0.381. The fourth-order valence-corrected chi connectivity index (χ4v) is 3.81. The molecule has 1 amide bonds. The molecule has 2 aromatic carbocycles. The lowest BCUT2D eigenvalue weighted by atomic mass is 9.93. The van der Waals surface area contributed by atoms with E-state index < -0.39 is 0 Å². The van der Waals surface area contributed by atoms with Crippen molar-refractivity contribution in [3.05, 3.63) is 59.1 Å². The number of carbonyl (C=O) groups is 1. The lowest BCUT2D eigenvalue weighted by Crippen LogP contribution is -2.23. The summed E-state index contributed by atoms with van der Waals surface area (Å²) in [6.07, 6.45) is 4.77. The molecule has 1 saturated heterocycles. The zero-order valence-corrected chi connectivity index (χ0v) is 15.0. The Morgan fingerprint density at radius 3 is 2.24 bits per heavy atom. The van der Waals surface area contributed by atoms with E-state index in [1.54, 1.807) is 0 Å². The number of rotatable bonds is 5. The Balaban J connectivity index is 1.46. The maximum atomic E-state index is 12.9. The van der Waals surface area contributed by atoms with Crippen LogP contribution in [0.15, 0.2) is 48.5 Å². The zero-order valence-electron chi connectivity index (χ0n) is 14.2. The van der Waals surface area contributed by atoms with Crippen molar-refractivity contribution in [2.45, 2.75) is 31.6 Å². The predicted octanol–water partition coefficient (Wildman–Crippen LogP) is 5.07. The maximum Gasteiger partial charge on any atom is 0.232 e. The van der Waals surface area contributed by atoms with Crippen LogP contribution in [0.2, 0.25) is 5.02 Å². The smallest absolute Gasteiger partial charge is 0.232 e. The summed E-state index contributed by atoms with van der Waals surface area (Å²) in [5.41, 5.74) is 3.16. The Morgan fingerprint density at radius 1 is 1.00 bits per heavy atom. The minimum atomic E-state index is -0.0875. The van der Waals surface area contributed by atoms with Crippen molar-refractivity contribution in [2.75, 3.05) is 23.3 Å². The van der Waals surface area contributed by atoms with Crippen LogP contribution < -0.4 is 10.2 Å². The van der Waals surface area contributed by atoms with E-state index in [0.29, 0.717) is 10.9 Å². The predicted molar refractivity (Wildman–Crippen MR) is 103 cm³/mol. The molecule has 1 atom stereocenters. The SMILES string of the molecule is O=C(Nc1ccc(N2CCCC2)cc1)C(c1ccc(Cl)cc1)C1CC1. The van der Waals surface area contributed by atoms with Gasteiger partial charge in [0.25, 0.3) is 0 Å². The molecule has 1 aliphatic heterocycles. The van der Waals surface area contributed by atoms with Crippen molar-refractivity contribution in [2.24, 2.45) is 5.92 Å². The van der Waals surface area contributed by atoms with Crippen LogP contribution in [-0.4, -0.2) is 19.0 Å². The van der Waals surface area contributed by atoms with Gasteiger partial charge in [0.15, 0.2) is 0 Å². The number of anilines is 2. The van der Waals surface area contributed by atoms with E-state index >= 15 is 0 Å². The topological polar surface area (TPSA) is 32.3 Å². The summed E-state index contributed by atoms with van der Waals surface area (Å²) in [5, 5.41) is 3.81. The molecule has 2 fully saturated rings. The fourth-order valence-electron chi connectivity index (χ4n) is 3.69. The zero-order chi connectivity index (χ0) is 17.2. The van der Waals surface area contributed by atoms with Gasteiger partial charge in [0.2, 0.25) is 5.91 Å². The van der Waals surface area contributed by atoms with Crippen LogP contribution in [0.25, 0.3) is 0 Å². The van der Waals surface area contributed by atoms with Crippen LogP contribution in [-0.2, 0) is 4.79 Å². The summed E-state index contributed by atoms with van der Waals surface area (Å²) in [5.74, 6) is 0.444. The highest BCUT2D eigenvalue weighted by atomic mass is 35.5. The van der Waals surface area contributed by atoms with Crippen LogP contribution >= 0.6 is 11.6 Å². The quantitative estimate of drug-likeness (QED) is 0.812. The Kier molecular flexibility index (Phi) is 4.67. The van der Waals surface area contributed by atoms with E-state index in [0.717, 1.165) is 37.2 Å². The van der Waals surface area contributed by atoms with Crippen molar-refractivity contribution in [1.29, 1.82) is 0 Å². The van der Waals surface area contributed by atoms with E-state index in [1.807, 2.05) is 36.4 Å². The largest absolute Gasteiger partial charge is 0.372 e. The maximum absolute atomic E-state index is 12.9. The standard InChI is InChI=1S/C21H23ClN2O/c22-17-7-5-16(6-8-17)20(15-3-4-15)21(25)23-18-9-11-19(12-10-18)24-13-1-2-14-24/h5-12,15,20H,1-4,13-14H2,(H,23,25). The number of carbonyl (C=O) groups excluding carboxylic acids is 1. The Labute approximate surface area is 154 Å². The summed E-state index contributed by atoms with van der Waals surface area (Å²) in [6.45, 7) is 2.26. The third-order valence-corrected chi connectivity index (χ3v) is 5.46. The number of hydrogen-bond donors (Lipinski definition) is 1. The number of hydrogen-bond acceptors (Lipinski definition) is 2. The molecule has 130 valence electrons. The molecular formula is C21H23ClN2O. The van der Waals surface area contributed by atoms with Gasteiger partial charge in [-0.1, -0.05) is 23.7 Å². The van der Waals surface area contributed by atoms with Crippen LogP contribution in [0.5, 0.6) is 0 Å². The van der Waals surface area contributed by atoms with Crippen LogP contribution in [0.4, 0.5) is 11.4 Å². The van der Waals surface area contributed by atoms with E-state index in [2.05, 4.69) is 22.3 Å². The van der Waals surface area contributed by atoms with Crippen LogP contribution in [0.1, 0.15) is 37.2 Å².